The minimum Gasteiger partial charge on any atom is -0.347 e. The summed E-state index contributed by atoms with van der Waals surface area (Å²) in [5.74, 6) is 1.09. The molecule has 1 aliphatic rings. The molecule has 0 N–H and O–H groups in total. The zero-order valence-electron chi connectivity index (χ0n) is 13.6. The highest BCUT2D eigenvalue weighted by atomic mass is 32.2. The van der Waals surface area contributed by atoms with Crippen LogP contribution in [-0.4, -0.2) is 27.6 Å². The van der Waals surface area contributed by atoms with Crippen LogP contribution >= 0.6 is 11.9 Å². The van der Waals surface area contributed by atoms with E-state index in [1.807, 2.05) is 36.7 Å². The normalized spacial score (nSPS) is 17.5. The number of carbonyl (C=O) groups is 1. The van der Waals surface area contributed by atoms with Gasteiger partial charge in [-0.2, -0.15) is 0 Å². The summed E-state index contributed by atoms with van der Waals surface area (Å²) in [5.41, 5.74) is 3.05. The number of hydrogen-bond acceptors (Lipinski definition) is 4. The van der Waals surface area contributed by atoms with Crippen LogP contribution in [0.1, 0.15) is 17.3 Å². The second-order valence-corrected chi connectivity index (χ2v) is 7.01. The van der Waals surface area contributed by atoms with E-state index in [4.69, 9.17) is 0 Å². The first kappa shape index (κ1) is 15.3. The molecule has 4 rings (SSSR count). The molecule has 1 saturated heterocycles. The number of fused-ring (bicyclic) bond motifs is 1. The summed E-state index contributed by atoms with van der Waals surface area (Å²) in [6.45, 7) is 3.71. The Morgan fingerprint density at radius 2 is 2.17 bits per heavy atom. The summed E-state index contributed by atoms with van der Waals surface area (Å²) in [4.78, 5) is 17.3. The van der Waals surface area contributed by atoms with Gasteiger partial charge in [-0.1, -0.05) is 18.2 Å². The van der Waals surface area contributed by atoms with Crippen molar-refractivity contribution in [1.29, 1.82) is 0 Å². The SMILES string of the molecule is CCn1cc(C(=O)C2CSN(c3cccnc3)C2)c2ccccc21. The van der Waals surface area contributed by atoms with Crippen molar-refractivity contribution in [1.82, 2.24) is 9.55 Å². The van der Waals surface area contributed by atoms with Gasteiger partial charge >= 0.3 is 0 Å². The zero-order valence-corrected chi connectivity index (χ0v) is 14.4. The molecule has 0 saturated carbocycles. The number of anilines is 1. The highest BCUT2D eigenvalue weighted by Gasteiger charge is 2.31. The van der Waals surface area contributed by atoms with Crippen molar-refractivity contribution >= 4 is 34.3 Å². The molecule has 1 aromatic carbocycles. The number of rotatable bonds is 4. The number of para-hydroxylation sites is 1. The average molecular weight is 337 g/mol. The van der Waals surface area contributed by atoms with Gasteiger partial charge in [0, 0.05) is 47.7 Å². The van der Waals surface area contributed by atoms with Crippen molar-refractivity contribution in [2.24, 2.45) is 5.92 Å². The first-order valence-electron chi connectivity index (χ1n) is 8.20. The third kappa shape index (κ3) is 2.59. The molecule has 3 heterocycles. The molecule has 0 aliphatic carbocycles. The van der Waals surface area contributed by atoms with E-state index in [0.717, 1.165) is 41.0 Å². The summed E-state index contributed by atoms with van der Waals surface area (Å²) in [7, 11) is 0. The van der Waals surface area contributed by atoms with Crippen LogP contribution in [0.2, 0.25) is 0 Å². The number of pyridine rings is 1. The van der Waals surface area contributed by atoms with E-state index in [1.165, 1.54) is 0 Å². The maximum Gasteiger partial charge on any atom is 0.170 e. The van der Waals surface area contributed by atoms with Crippen molar-refractivity contribution in [3.63, 3.8) is 0 Å². The van der Waals surface area contributed by atoms with Gasteiger partial charge in [0.1, 0.15) is 0 Å². The third-order valence-corrected chi connectivity index (χ3v) is 5.74. The van der Waals surface area contributed by atoms with Crippen molar-refractivity contribution in [2.75, 3.05) is 16.6 Å². The number of Topliss-reactive ketones (excluding diaryl/α,β-unsaturated/α-hetero) is 1. The largest absolute Gasteiger partial charge is 0.347 e. The van der Waals surface area contributed by atoms with Crippen molar-refractivity contribution in [2.45, 2.75) is 13.5 Å². The van der Waals surface area contributed by atoms with Gasteiger partial charge in [0.25, 0.3) is 0 Å². The quantitative estimate of drug-likeness (QED) is 0.532. The number of benzene rings is 1. The monoisotopic (exact) mass is 337 g/mol. The number of nitrogens with zero attached hydrogens (tertiary/aromatic N) is 3. The predicted molar refractivity (Wildman–Crippen MR) is 99.5 cm³/mol. The molecule has 24 heavy (non-hydrogen) atoms. The van der Waals surface area contributed by atoms with E-state index < -0.39 is 0 Å². The van der Waals surface area contributed by atoms with E-state index in [9.17, 15) is 4.79 Å². The molecule has 122 valence electrons. The second-order valence-electron chi connectivity index (χ2n) is 5.98. The molecule has 1 unspecified atom stereocenters. The van der Waals surface area contributed by atoms with E-state index >= 15 is 0 Å². The maximum atomic E-state index is 13.1. The highest BCUT2D eigenvalue weighted by molar-refractivity contribution is 8.00. The van der Waals surface area contributed by atoms with Crippen LogP contribution in [0.4, 0.5) is 5.69 Å². The van der Waals surface area contributed by atoms with Crippen LogP contribution < -0.4 is 4.31 Å². The first-order chi connectivity index (χ1) is 11.8. The number of hydrogen-bond donors (Lipinski definition) is 0. The van der Waals surface area contributed by atoms with Gasteiger partial charge in [0.05, 0.1) is 17.8 Å². The smallest absolute Gasteiger partial charge is 0.170 e. The van der Waals surface area contributed by atoms with Gasteiger partial charge in [-0.3, -0.25) is 9.78 Å². The van der Waals surface area contributed by atoms with Gasteiger partial charge in [-0.15, -0.1) is 0 Å². The fraction of sp³-hybridized carbons (Fsp3) is 0.263. The molecular formula is C19H19N3OS. The number of aromatic nitrogens is 2. The lowest BCUT2D eigenvalue weighted by molar-refractivity contribution is 0.0942. The van der Waals surface area contributed by atoms with Gasteiger partial charge in [-0.05, 0) is 37.1 Å². The molecule has 4 nitrogen and oxygen atoms in total. The number of carbonyl (C=O) groups excluding carboxylic acids is 1. The molecule has 1 atom stereocenters. The van der Waals surface area contributed by atoms with E-state index in [-0.39, 0.29) is 11.7 Å². The lowest BCUT2D eigenvalue weighted by Crippen LogP contribution is -2.22. The topological polar surface area (TPSA) is 38.1 Å². The number of aryl methyl sites for hydroxylation is 1. The standard InChI is InChI=1S/C19H19N3OS/c1-2-21-12-17(16-7-3-4-8-18(16)21)19(23)14-11-22(24-13-14)15-6-5-9-20-10-15/h3-10,12,14H,2,11,13H2,1H3. The molecule has 0 bridgehead atoms. The van der Waals surface area contributed by atoms with E-state index in [2.05, 4.69) is 32.9 Å². The molecule has 1 fully saturated rings. The summed E-state index contributed by atoms with van der Waals surface area (Å²) in [5, 5.41) is 1.06. The van der Waals surface area contributed by atoms with Crippen LogP contribution in [-0.2, 0) is 6.54 Å². The number of ketones is 1. The summed E-state index contributed by atoms with van der Waals surface area (Å²) >= 11 is 1.71. The Kier molecular flexibility index (Phi) is 4.02. The van der Waals surface area contributed by atoms with Gasteiger partial charge in [0.2, 0.25) is 0 Å². The van der Waals surface area contributed by atoms with Gasteiger partial charge in [0.15, 0.2) is 5.78 Å². The molecule has 2 aromatic heterocycles. The van der Waals surface area contributed by atoms with Crippen LogP contribution in [0.25, 0.3) is 10.9 Å². The van der Waals surface area contributed by atoms with Crippen LogP contribution in [0, 0.1) is 5.92 Å². The van der Waals surface area contributed by atoms with E-state index in [0.29, 0.717) is 0 Å². The highest BCUT2D eigenvalue weighted by Crippen LogP contribution is 2.34. The second kappa shape index (κ2) is 6.32. The molecule has 0 radical (unpaired) electrons. The lowest BCUT2D eigenvalue weighted by atomic mass is 9.98. The molecule has 1 aliphatic heterocycles. The van der Waals surface area contributed by atoms with Crippen molar-refractivity contribution in [3.05, 3.63) is 60.6 Å². The Bertz CT molecular complexity index is 875. The van der Waals surface area contributed by atoms with Crippen LogP contribution in [0.3, 0.4) is 0 Å². The molecule has 0 spiro atoms. The lowest BCUT2D eigenvalue weighted by Gasteiger charge is -2.15. The predicted octanol–water partition coefficient (Wildman–Crippen LogP) is 4.02. The molecular weight excluding hydrogens is 318 g/mol. The van der Waals surface area contributed by atoms with Gasteiger partial charge in [-0.25, -0.2) is 0 Å². The summed E-state index contributed by atoms with van der Waals surface area (Å²) in [6, 6.07) is 12.1. The average Bonchev–Trinajstić information content (AvgIpc) is 3.27. The van der Waals surface area contributed by atoms with Gasteiger partial charge < -0.3 is 8.87 Å². The minimum atomic E-state index is 0.0197. The van der Waals surface area contributed by atoms with E-state index in [1.54, 1.807) is 18.1 Å². The summed E-state index contributed by atoms with van der Waals surface area (Å²) in [6.07, 6.45) is 5.64. The zero-order chi connectivity index (χ0) is 16.5. The Balaban J connectivity index is 1.61. The Labute approximate surface area is 145 Å². The Hall–Kier alpha value is -2.27. The summed E-state index contributed by atoms with van der Waals surface area (Å²) < 4.78 is 4.33. The maximum absolute atomic E-state index is 13.1. The van der Waals surface area contributed by atoms with Crippen LogP contribution in [0.15, 0.2) is 55.0 Å². The Morgan fingerprint density at radius 1 is 1.29 bits per heavy atom. The van der Waals surface area contributed by atoms with Crippen molar-refractivity contribution in [3.8, 4) is 0 Å². The third-order valence-electron chi connectivity index (χ3n) is 4.52. The molecule has 3 aromatic rings. The van der Waals surface area contributed by atoms with Crippen LogP contribution in [0.5, 0.6) is 0 Å². The Morgan fingerprint density at radius 3 is 2.96 bits per heavy atom. The van der Waals surface area contributed by atoms with Crippen molar-refractivity contribution < 1.29 is 4.79 Å². The molecule has 5 heteroatoms. The first-order valence-corrected chi connectivity index (χ1v) is 9.14. The molecule has 0 amide bonds. The fourth-order valence-electron chi connectivity index (χ4n) is 3.25. The minimum absolute atomic E-state index is 0.0197. The fourth-order valence-corrected chi connectivity index (χ4v) is 4.41.